The Balaban J connectivity index is 2.08. The highest BCUT2D eigenvalue weighted by molar-refractivity contribution is 7.75. The van der Waals surface area contributed by atoms with Gasteiger partial charge in [-0.05, 0) is 5.82 Å². The molecule has 1 aromatic carbocycles. The summed E-state index contributed by atoms with van der Waals surface area (Å²) in [7, 11) is -2.37. The molecule has 1 aliphatic carbocycles. The van der Waals surface area contributed by atoms with Crippen LogP contribution in [0.1, 0.15) is 0 Å². The molecule has 0 saturated carbocycles. The highest BCUT2D eigenvalue weighted by atomic mass is 31.2. The third-order valence-electron chi connectivity index (χ3n) is 3.28. The normalized spacial score (nSPS) is 35.2. The second-order valence-electron chi connectivity index (χ2n) is 4.22. The fourth-order valence-electron chi connectivity index (χ4n) is 2.42. The van der Waals surface area contributed by atoms with Gasteiger partial charge in [-0.1, -0.05) is 60.7 Å². The molecule has 1 aliphatic heterocycles. The van der Waals surface area contributed by atoms with E-state index in [1.807, 2.05) is 48.3 Å². The second-order valence-corrected chi connectivity index (χ2v) is 7.05. The van der Waals surface area contributed by atoms with Crippen LogP contribution in [0.25, 0.3) is 0 Å². The lowest BCUT2D eigenvalue weighted by Crippen LogP contribution is -2.17. The average molecular weight is 228 g/mol. The van der Waals surface area contributed by atoms with E-state index in [9.17, 15) is 4.57 Å². The van der Waals surface area contributed by atoms with Crippen LogP contribution in [-0.2, 0) is 4.57 Å². The quantitative estimate of drug-likeness (QED) is 0.674. The summed E-state index contributed by atoms with van der Waals surface area (Å²) in [5.41, 5.74) is 0.139. The highest BCUT2D eigenvalue weighted by Gasteiger charge is 2.39. The summed E-state index contributed by atoms with van der Waals surface area (Å²) in [6.07, 6.45) is 10.3. The molecule has 1 heterocycles. The average Bonchev–Trinajstić information content (AvgIpc) is 2.71. The SMILES string of the molecule is O=[P@]1(c2ccccc2)C=C[C@H]2C=CC=C[C@H]21. The van der Waals surface area contributed by atoms with E-state index in [0.29, 0.717) is 5.92 Å². The number of benzene rings is 1. The zero-order chi connectivity index (χ0) is 11.0. The minimum atomic E-state index is -2.37. The van der Waals surface area contributed by atoms with E-state index in [1.165, 1.54) is 0 Å². The Morgan fingerprint density at radius 2 is 1.69 bits per heavy atom. The largest absolute Gasteiger partial charge is 0.314 e. The van der Waals surface area contributed by atoms with Gasteiger partial charge in [0.1, 0.15) is 7.14 Å². The van der Waals surface area contributed by atoms with Crippen LogP contribution in [0.15, 0.2) is 66.5 Å². The van der Waals surface area contributed by atoms with Gasteiger partial charge in [-0.15, -0.1) is 0 Å². The fourth-order valence-corrected chi connectivity index (χ4v) is 5.29. The molecule has 0 amide bonds. The smallest absolute Gasteiger partial charge is 0.143 e. The van der Waals surface area contributed by atoms with Crippen LogP contribution in [0.5, 0.6) is 0 Å². The van der Waals surface area contributed by atoms with Gasteiger partial charge in [0, 0.05) is 16.9 Å². The maximum atomic E-state index is 13.0. The van der Waals surface area contributed by atoms with Crippen LogP contribution in [0.3, 0.4) is 0 Å². The van der Waals surface area contributed by atoms with Gasteiger partial charge >= 0.3 is 0 Å². The molecular weight excluding hydrogens is 215 g/mol. The van der Waals surface area contributed by atoms with E-state index in [4.69, 9.17) is 0 Å². The van der Waals surface area contributed by atoms with Crippen LogP contribution in [0.4, 0.5) is 0 Å². The molecule has 1 aromatic rings. The van der Waals surface area contributed by atoms with Crippen molar-refractivity contribution in [1.29, 1.82) is 0 Å². The van der Waals surface area contributed by atoms with Gasteiger partial charge in [-0.2, -0.15) is 0 Å². The third kappa shape index (κ3) is 1.36. The first-order valence-corrected chi connectivity index (χ1v) is 7.35. The van der Waals surface area contributed by atoms with Gasteiger partial charge < -0.3 is 4.57 Å². The summed E-state index contributed by atoms with van der Waals surface area (Å²) in [6.45, 7) is 0. The van der Waals surface area contributed by atoms with E-state index >= 15 is 0 Å². The van der Waals surface area contributed by atoms with Gasteiger partial charge in [0.2, 0.25) is 0 Å². The molecule has 3 rings (SSSR count). The highest BCUT2D eigenvalue weighted by Crippen LogP contribution is 2.59. The Kier molecular flexibility index (Phi) is 2.22. The summed E-state index contributed by atoms with van der Waals surface area (Å²) < 4.78 is 13.0. The summed E-state index contributed by atoms with van der Waals surface area (Å²) >= 11 is 0. The summed E-state index contributed by atoms with van der Waals surface area (Å²) in [5.74, 6) is 2.24. The van der Waals surface area contributed by atoms with Crippen molar-refractivity contribution in [2.24, 2.45) is 5.92 Å². The van der Waals surface area contributed by atoms with Crippen molar-refractivity contribution in [3.63, 3.8) is 0 Å². The van der Waals surface area contributed by atoms with E-state index in [-0.39, 0.29) is 5.66 Å². The second kappa shape index (κ2) is 3.61. The lowest BCUT2D eigenvalue weighted by Gasteiger charge is -2.22. The number of hydrogen-bond acceptors (Lipinski definition) is 1. The maximum Gasteiger partial charge on any atom is 0.143 e. The van der Waals surface area contributed by atoms with Gasteiger partial charge in [0.25, 0.3) is 0 Å². The van der Waals surface area contributed by atoms with E-state index in [0.717, 1.165) is 5.30 Å². The molecule has 2 aliphatic rings. The first-order valence-electron chi connectivity index (χ1n) is 5.50. The molecule has 16 heavy (non-hydrogen) atoms. The van der Waals surface area contributed by atoms with Crippen molar-refractivity contribution >= 4 is 12.4 Å². The molecule has 0 fully saturated rings. The zero-order valence-corrected chi connectivity index (χ0v) is 9.76. The van der Waals surface area contributed by atoms with Crippen molar-refractivity contribution in [3.8, 4) is 0 Å². The number of fused-ring (bicyclic) bond motifs is 1. The standard InChI is InChI=1S/C14H13OP/c15-16(13-7-2-1-3-8-13)11-10-12-6-4-5-9-14(12)16/h1-12,14H/t12-,14-,16+/m1/s1. The predicted octanol–water partition coefficient (Wildman–Crippen LogP) is 3.31. The first-order chi connectivity index (χ1) is 7.81. The van der Waals surface area contributed by atoms with Crippen LogP contribution in [0, 0.1) is 5.92 Å². The molecule has 2 heteroatoms. The van der Waals surface area contributed by atoms with E-state index < -0.39 is 7.14 Å². The van der Waals surface area contributed by atoms with Crippen molar-refractivity contribution < 1.29 is 4.57 Å². The fraction of sp³-hybridized carbons (Fsp3) is 0.143. The number of allylic oxidation sites excluding steroid dienone is 5. The Labute approximate surface area is 95.6 Å². The maximum absolute atomic E-state index is 13.0. The predicted molar refractivity (Wildman–Crippen MR) is 68.4 cm³/mol. The van der Waals surface area contributed by atoms with E-state index in [1.54, 1.807) is 0 Å². The minimum Gasteiger partial charge on any atom is -0.314 e. The van der Waals surface area contributed by atoms with Crippen molar-refractivity contribution in [1.82, 2.24) is 0 Å². The first kappa shape index (κ1) is 9.86. The number of rotatable bonds is 1. The summed E-state index contributed by atoms with van der Waals surface area (Å²) in [4.78, 5) is 0. The molecule has 80 valence electrons. The molecule has 0 bridgehead atoms. The van der Waals surface area contributed by atoms with Crippen LogP contribution >= 0.6 is 7.14 Å². The Bertz CT molecular complexity index is 525. The van der Waals surface area contributed by atoms with Crippen LogP contribution in [-0.4, -0.2) is 5.66 Å². The lowest BCUT2D eigenvalue weighted by atomic mass is 10.0. The molecule has 0 N–H and O–H groups in total. The molecule has 0 saturated heterocycles. The van der Waals surface area contributed by atoms with Gasteiger partial charge in [-0.3, -0.25) is 0 Å². The molecule has 0 unspecified atom stereocenters. The van der Waals surface area contributed by atoms with Crippen molar-refractivity contribution in [3.05, 3.63) is 66.5 Å². The minimum absolute atomic E-state index is 0.139. The molecule has 0 radical (unpaired) electrons. The van der Waals surface area contributed by atoms with Crippen LogP contribution < -0.4 is 5.30 Å². The van der Waals surface area contributed by atoms with E-state index in [2.05, 4.69) is 18.2 Å². The monoisotopic (exact) mass is 228 g/mol. The summed E-state index contributed by atoms with van der Waals surface area (Å²) in [6, 6.07) is 9.82. The molecule has 3 atom stereocenters. The topological polar surface area (TPSA) is 17.1 Å². The van der Waals surface area contributed by atoms with Gasteiger partial charge in [0.15, 0.2) is 0 Å². The Morgan fingerprint density at radius 1 is 0.938 bits per heavy atom. The molecular formula is C14H13OP. The summed E-state index contributed by atoms with van der Waals surface area (Å²) in [5, 5.41) is 0.971. The zero-order valence-electron chi connectivity index (χ0n) is 8.86. The third-order valence-corrected chi connectivity index (χ3v) is 6.40. The van der Waals surface area contributed by atoms with Crippen molar-refractivity contribution in [2.75, 3.05) is 0 Å². The molecule has 1 nitrogen and oxygen atoms in total. The molecule has 0 aromatic heterocycles. The van der Waals surface area contributed by atoms with Crippen molar-refractivity contribution in [2.45, 2.75) is 5.66 Å². The number of hydrogen-bond donors (Lipinski definition) is 0. The Morgan fingerprint density at radius 3 is 2.50 bits per heavy atom. The molecule has 0 spiro atoms. The Hall–Kier alpha value is -1.33. The lowest BCUT2D eigenvalue weighted by molar-refractivity contribution is 0.580. The van der Waals surface area contributed by atoms with Gasteiger partial charge in [-0.25, -0.2) is 0 Å². The van der Waals surface area contributed by atoms with Gasteiger partial charge in [0.05, 0.1) is 0 Å². The van der Waals surface area contributed by atoms with Crippen LogP contribution in [0.2, 0.25) is 0 Å².